The maximum atomic E-state index is 5.70. The fourth-order valence-electron chi connectivity index (χ4n) is 1.64. The minimum Gasteiger partial charge on any atom is -0.374 e. The summed E-state index contributed by atoms with van der Waals surface area (Å²) in [6.45, 7) is 8.25. The van der Waals surface area contributed by atoms with Crippen molar-refractivity contribution < 1.29 is 4.74 Å². The first kappa shape index (κ1) is 12.0. The molecular weight excluding hydrogens is 190 g/mol. The highest BCUT2D eigenvalue weighted by Gasteiger charge is 2.25. The monoisotopic (exact) mass is 211 g/mol. The number of nitrogens with one attached hydrogen (secondary N) is 1. The predicted octanol–water partition coefficient (Wildman–Crippen LogP) is 0.892. The molecule has 1 fully saturated rings. The number of aliphatic imine (C=N–C) groups is 1. The van der Waals surface area contributed by atoms with Crippen LogP contribution in [0.1, 0.15) is 19.8 Å². The molecule has 1 heterocycles. The second-order valence-corrected chi connectivity index (χ2v) is 3.77. The second-order valence-electron chi connectivity index (χ2n) is 3.77. The average Bonchev–Trinajstić information content (AvgIpc) is 2.70. The van der Waals surface area contributed by atoms with Crippen molar-refractivity contribution in [3.63, 3.8) is 0 Å². The molecule has 4 heteroatoms. The zero-order valence-corrected chi connectivity index (χ0v) is 9.41. The van der Waals surface area contributed by atoms with Crippen LogP contribution in [0.3, 0.4) is 0 Å². The van der Waals surface area contributed by atoms with Gasteiger partial charge in [0.2, 0.25) is 0 Å². The standard InChI is InChI=1S/C11H21N3O/c1-3-6-13-11(12)14-8-9-5-7-15-10(9)4-2/h4,9-10H,2-3,5-8H2,1H3,(H3,12,13,14)/t9-,10-/m0/s1. The first-order valence-corrected chi connectivity index (χ1v) is 5.55. The van der Waals surface area contributed by atoms with Crippen molar-refractivity contribution in [2.24, 2.45) is 16.6 Å². The summed E-state index contributed by atoms with van der Waals surface area (Å²) < 4.78 is 5.48. The van der Waals surface area contributed by atoms with Gasteiger partial charge in [-0.3, -0.25) is 4.99 Å². The third-order valence-electron chi connectivity index (χ3n) is 2.55. The maximum Gasteiger partial charge on any atom is 0.188 e. The van der Waals surface area contributed by atoms with Crippen molar-refractivity contribution in [3.8, 4) is 0 Å². The number of hydrogen-bond acceptors (Lipinski definition) is 2. The summed E-state index contributed by atoms with van der Waals surface area (Å²) in [4.78, 5) is 4.30. The molecule has 0 unspecified atom stereocenters. The summed E-state index contributed by atoms with van der Waals surface area (Å²) in [6, 6.07) is 0. The molecule has 1 rings (SSSR count). The van der Waals surface area contributed by atoms with E-state index in [4.69, 9.17) is 10.5 Å². The molecule has 15 heavy (non-hydrogen) atoms. The normalized spacial score (nSPS) is 26.6. The van der Waals surface area contributed by atoms with Crippen molar-refractivity contribution in [2.45, 2.75) is 25.9 Å². The van der Waals surface area contributed by atoms with Gasteiger partial charge in [-0.05, 0) is 12.8 Å². The minimum absolute atomic E-state index is 0.146. The van der Waals surface area contributed by atoms with Crippen molar-refractivity contribution in [2.75, 3.05) is 19.7 Å². The molecule has 0 aromatic rings. The van der Waals surface area contributed by atoms with Crippen molar-refractivity contribution in [1.29, 1.82) is 0 Å². The van der Waals surface area contributed by atoms with Crippen LogP contribution in [0.5, 0.6) is 0 Å². The van der Waals surface area contributed by atoms with Crippen LogP contribution in [0.15, 0.2) is 17.6 Å². The Bertz CT molecular complexity index is 228. The Morgan fingerprint density at radius 1 is 1.73 bits per heavy atom. The van der Waals surface area contributed by atoms with Gasteiger partial charge in [-0.15, -0.1) is 6.58 Å². The molecule has 1 aliphatic heterocycles. The van der Waals surface area contributed by atoms with Crippen LogP contribution in [0, 0.1) is 5.92 Å². The quantitative estimate of drug-likeness (QED) is 0.403. The number of nitrogens with two attached hydrogens (primary N) is 1. The van der Waals surface area contributed by atoms with E-state index in [1.54, 1.807) is 0 Å². The van der Waals surface area contributed by atoms with Gasteiger partial charge in [-0.1, -0.05) is 13.0 Å². The lowest BCUT2D eigenvalue weighted by Gasteiger charge is -2.12. The first-order valence-electron chi connectivity index (χ1n) is 5.55. The Balaban J connectivity index is 2.31. The Labute approximate surface area is 91.6 Å². The van der Waals surface area contributed by atoms with Crippen LogP contribution in [0.4, 0.5) is 0 Å². The van der Waals surface area contributed by atoms with Gasteiger partial charge in [0.1, 0.15) is 0 Å². The van der Waals surface area contributed by atoms with Gasteiger partial charge in [0.15, 0.2) is 5.96 Å². The smallest absolute Gasteiger partial charge is 0.188 e. The fraction of sp³-hybridized carbons (Fsp3) is 0.727. The Hall–Kier alpha value is -1.03. The zero-order valence-electron chi connectivity index (χ0n) is 9.41. The van der Waals surface area contributed by atoms with Crippen LogP contribution >= 0.6 is 0 Å². The van der Waals surface area contributed by atoms with E-state index in [1.165, 1.54) is 0 Å². The highest BCUT2D eigenvalue weighted by molar-refractivity contribution is 5.77. The second kappa shape index (κ2) is 6.45. The van der Waals surface area contributed by atoms with Crippen LogP contribution < -0.4 is 11.1 Å². The molecular formula is C11H21N3O. The highest BCUT2D eigenvalue weighted by atomic mass is 16.5. The first-order chi connectivity index (χ1) is 7.27. The number of rotatable bonds is 5. The Morgan fingerprint density at radius 3 is 3.20 bits per heavy atom. The number of guanidine groups is 1. The minimum atomic E-state index is 0.146. The van der Waals surface area contributed by atoms with E-state index in [1.807, 2.05) is 6.08 Å². The SMILES string of the molecule is C=C[C@@H]1OCC[C@H]1CN=C(N)NCCC. The molecule has 0 amide bonds. The largest absolute Gasteiger partial charge is 0.374 e. The van der Waals surface area contributed by atoms with Crippen molar-refractivity contribution >= 4 is 5.96 Å². The van der Waals surface area contributed by atoms with Crippen molar-refractivity contribution in [3.05, 3.63) is 12.7 Å². The lowest BCUT2D eigenvalue weighted by molar-refractivity contribution is 0.129. The average molecular weight is 211 g/mol. The zero-order chi connectivity index (χ0) is 11.1. The molecule has 1 aliphatic rings. The van der Waals surface area contributed by atoms with Gasteiger partial charge >= 0.3 is 0 Å². The molecule has 1 saturated heterocycles. The summed E-state index contributed by atoms with van der Waals surface area (Å²) in [6.07, 6.45) is 4.09. The molecule has 0 radical (unpaired) electrons. The topological polar surface area (TPSA) is 59.6 Å². The van der Waals surface area contributed by atoms with E-state index in [-0.39, 0.29) is 6.10 Å². The predicted molar refractivity (Wildman–Crippen MR) is 62.8 cm³/mol. The molecule has 3 N–H and O–H groups in total. The number of nitrogens with zero attached hydrogens (tertiary/aromatic N) is 1. The highest BCUT2D eigenvalue weighted by Crippen LogP contribution is 2.21. The molecule has 2 atom stereocenters. The van der Waals surface area contributed by atoms with Crippen LogP contribution in [-0.2, 0) is 4.74 Å². The van der Waals surface area contributed by atoms with Gasteiger partial charge < -0.3 is 15.8 Å². The summed E-state index contributed by atoms with van der Waals surface area (Å²) in [5, 5.41) is 3.05. The molecule has 0 bridgehead atoms. The molecule has 0 aromatic carbocycles. The van der Waals surface area contributed by atoms with E-state index in [2.05, 4.69) is 23.8 Å². The maximum absolute atomic E-state index is 5.70. The van der Waals surface area contributed by atoms with E-state index >= 15 is 0 Å². The molecule has 0 aliphatic carbocycles. The third-order valence-corrected chi connectivity index (χ3v) is 2.55. The van der Waals surface area contributed by atoms with Crippen LogP contribution in [-0.4, -0.2) is 31.8 Å². The fourth-order valence-corrected chi connectivity index (χ4v) is 1.64. The van der Waals surface area contributed by atoms with E-state index < -0.39 is 0 Å². The van der Waals surface area contributed by atoms with E-state index in [0.29, 0.717) is 11.9 Å². The van der Waals surface area contributed by atoms with Gasteiger partial charge in [0.25, 0.3) is 0 Å². The Morgan fingerprint density at radius 2 is 2.53 bits per heavy atom. The van der Waals surface area contributed by atoms with Gasteiger partial charge in [-0.2, -0.15) is 0 Å². The van der Waals surface area contributed by atoms with Gasteiger partial charge in [-0.25, -0.2) is 0 Å². The third kappa shape index (κ3) is 3.91. The van der Waals surface area contributed by atoms with Gasteiger partial charge in [0.05, 0.1) is 6.10 Å². The summed E-state index contributed by atoms with van der Waals surface area (Å²) in [7, 11) is 0. The van der Waals surface area contributed by atoms with Gasteiger partial charge in [0, 0.05) is 25.6 Å². The molecule has 4 nitrogen and oxygen atoms in total. The van der Waals surface area contributed by atoms with E-state index in [0.717, 1.165) is 32.5 Å². The number of ether oxygens (including phenoxy) is 1. The van der Waals surface area contributed by atoms with Crippen LogP contribution in [0.2, 0.25) is 0 Å². The summed E-state index contributed by atoms with van der Waals surface area (Å²) in [5.74, 6) is 0.969. The van der Waals surface area contributed by atoms with E-state index in [9.17, 15) is 0 Å². The lowest BCUT2D eigenvalue weighted by Crippen LogP contribution is -2.33. The molecule has 0 saturated carbocycles. The molecule has 86 valence electrons. The molecule has 0 aromatic heterocycles. The Kier molecular flexibility index (Phi) is 5.18. The number of hydrogen-bond donors (Lipinski definition) is 2. The van der Waals surface area contributed by atoms with Crippen molar-refractivity contribution in [1.82, 2.24) is 5.32 Å². The lowest BCUT2D eigenvalue weighted by atomic mass is 10.0. The summed E-state index contributed by atoms with van der Waals surface area (Å²) in [5.41, 5.74) is 5.70. The molecule has 0 spiro atoms. The summed E-state index contributed by atoms with van der Waals surface area (Å²) >= 11 is 0. The van der Waals surface area contributed by atoms with Crippen LogP contribution in [0.25, 0.3) is 0 Å².